The molecule has 0 saturated carbocycles. The van der Waals surface area contributed by atoms with Crippen molar-refractivity contribution >= 4 is 23.2 Å². The average molecular weight is 462 g/mol. The van der Waals surface area contributed by atoms with Crippen molar-refractivity contribution in [2.24, 2.45) is 0 Å². The fourth-order valence-electron chi connectivity index (χ4n) is 3.79. The van der Waals surface area contributed by atoms with Crippen LogP contribution in [0.5, 0.6) is 0 Å². The van der Waals surface area contributed by atoms with E-state index in [0.29, 0.717) is 48.9 Å². The van der Waals surface area contributed by atoms with Gasteiger partial charge in [-0.25, -0.2) is 9.97 Å². The second-order valence-electron chi connectivity index (χ2n) is 7.55. The zero-order chi connectivity index (χ0) is 22.8. The number of nitrogens with zero attached hydrogens (tertiary/aromatic N) is 7. The van der Waals surface area contributed by atoms with Gasteiger partial charge in [0, 0.05) is 44.8 Å². The van der Waals surface area contributed by atoms with Crippen LogP contribution < -0.4 is 10.5 Å². The molecule has 33 heavy (non-hydrogen) atoms. The number of hydrogen-bond donors (Lipinski definition) is 0. The van der Waals surface area contributed by atoms with Crippen LogP contribution in [-0.4, -0.2) is 61.3 Å². The summed E-state index contributed by atoms with van der Waals surface area (Å²) in [6.45, 7) is 2.09. The molecule has 4 heterocycles. The van der Waals surface area contributed by atoms with Crippen LogP contribution in [0, 0.1) is 0 Å². The molecule has 10 heteroatoms. The van der Waals surface area contributed by atoms with Crippen molar-refractivity contribution in [3.63, 3.8) is 0 Å². The van der Waals surface area contributed by atoms with Gasteiger partial charge >= 0.3 is 0 Å². The average Bonchev–Trinajstić information content (AvgIpc) is 3.41. The minimum atomic E-state index is -0.372. The lowest BCUT2D eigenvalue weighted by Crippen LogP contribution is -2.49. The van der Waals surface area contributed by atoms with Crippen molar-refractivity contribution in [2.75, 3.05) is 31.1 Å². The summed E-state index contributed by atoms with van der Waals surface area (Å²) >= 11 is 6.42. The van der Waals surface area contributed by atoms with Gasteiger partial charge < -0.3 is 9.80 Å². The number of rotatable bonds is 4. The predicted octanol–water partition coefficient (Wildman–Crippen LogP) is 2.43. The number of benzene rings is 1. The monoisotopic (exact) mass is 461 g/mol. The van der Waals surface area contributed by atoms with Gasteiger partial charge in [-0.15, -0.1) is 0 Å². The summed E-state index contributed by atoms with van der Waals surface area (Å²) in [6.07, 6.45) is 8.30. The molecule has 0 unspecified atom stereocenters. The molecule has 9 nitrogen and oxygen atoms in total. The normalized spacial score (nSPS) is 13.8. The zero-order valence-corrected chi connectivity index (χ0v) is 18.3. The van der Waals surface area contributed by atoms with E-state index in [1.165, 1.54) is 4.68 Å². The molecule has 0 aliphatic carbocycles. The minimum Gasteiger partial charge on any atom is -0.365 e. The first-order valence-electron chi connectivity index (χ1n) is 10.4. The van der Waals surface area contributed by atoms with Crippen LogP contribution in [0.4, 0.5) is 5.69 Å². The molecule has 1 aliphatic rings. The number of aromatic nitrogens is 5. The lowest BCUT2D eigenvalue weighted by Gasteiger charge is -2.36. The van der Waals surface area contributed by atoms with E-state index in [4.69, 9.17) is 11.6 Å². The van der Waals surface area contributed by atoms with Gasteiger partial charge in [0.15, 0.2) is 0 Å². The van der Waals surface area contributed by atoms with Crippen molar-refractivity contribution in [1.82, 2.24) is 29.2 Å². The van der Waals surface area contributed by atoms with Crippen molar-refractivity contribution in [3.8, 4) is 11.5 Å². The fourth-order valence-corrected chi connectivity index (χ4v) is 4.04. The topological polar surface area (TPSA) is 89.2 Å². The number of pyridine rings is 1. The maximum absolute atomic E-state index is 12.9. The lowest BCUT2D eigenvalue weighted by atomic mass is 10.2. The summed E-state index contributed by atoms with van der Waals surface area (Å²) in [5.74, 6) is 0.615. The first-order valence-corrected chi connectivity index (χ1v) is 10.8. The third-order valence-electron chi connectivity index (χ3n) is 5.57. The maximum Gasteiger partial charge on any atom is 0.292 e. The van der Waals surface area contributed by atoms with Gasteiger partial charge in [0.25, 0.3) is 11.5 Å². The number of piperazine rings is 1. The molecule has 3 aromatic heterocycles. The molecular formula is C23H20ClN7O2. The molecule has 5 rings (SSSR count). The molecule has 4 aromatic rings. The Labute approximate surface area is 194 Å². The predicted molar refractivity (Wildman–Crippen MR) is 124 cm³/mol. The molecule has 0 radical (unpaired) electrons. The second-order valence-corrected chi connectivity index (χ2v) is 7.93. The molecule has 0 N–H and O–H groups in total. The van der Waals surface area contributed by atoms with Crippen molar-refractivity contribution in [3.05, 3.63) is 94.5 Å². The molecule has 1 aromatic carbocycles. The fraction of sp³-hybridized carbons (Fsp3) is 0.174. The van der Waals surface area contributed by atoms with E-state index in [1.807, 2.05) is 23.1 Å². The Morgan fingerprint density at radius 3 is 2.42 bits per heavy atom. The van der Waals surface area contributed by atoms with E-state index >= 15 is 0 Å². The molecule has 166 valence electrons. The first-order chi connectivity index (χ1) is 16.1. The van der Waals surface area contributed by atoms with E-state index in [-0.39, 0.29) is 16.5 Å². The number of imidazole rings is 1. The van der Waals surface area contributed by atoms with Crippen LogP contribution in [-0.2, 0) is 0 Å². The SMILES string of the molecule is O=C(c1ccc(-n2ccnc2)nc1)N1CCN(c2cnn(-c3ccccc3)c(=O)c2Cl)CC1. The Bertz CT molecular complexity index is 1310. The highest BCUT2D eigenvalue weighted by atomic mass is 35.5. The Morgan fingerprint density at radius 1 is 0.970 bits per heavy atom. The van der Waals surface area contributed by atoms with Gasteiger partial charge in [-0.3, -0.25) is 14.2 Å². The summed E-state index contributed by atoms with van der Waals surface area (Å²) in [4.78, 5) is 37.8. The minimum absolute atomic E-state index is 0.0805. The second kappa shape index (κ2) is 8.87. The van der Waals surface area contributed by atoms with Crippen molar-refractivity contribution in [2.45, 2.75) is 0 Å². The third kappa shape index (κ3) is 4.10. The number of hydrogen-bond acceptors (Lipinski definition) is 6. The van der Waals surface area contributed by atoms with Crippen LogP contribution in [0.1, 0.15) is 10.4 Å². The number of amides is 1. The molecule has 1 fully saturated rings. The molecule has 0 bridgehead atoms. The van der Waals surface area contributed by atoms with Crippen molar-refractivity contribution < 1.29 is 4.79 Å². The highest BCUT2D eigenvalue weighted by molar-refractivity contribution is 6.33. The quantitative estimate of drug-likeness (QED) is 0.463. The van der Waals surface area contributed by atoms with Crippen molar-refractivity contribution in [1.29, 1.82) is 0 Å². The molecule has 0 atom stereocenters. The van der Waals surface area contributed by atoms with E-state index in [2.05, 4.69) is 15.1 Å². The number of halogens is 1. The molecular weight excluding hydrogens is 442 g/mol. The number of para-hydroxylation sites is 1. The maximum atomic E-state index is 12.9. The first kappa shape index (κ1) is 20.9. The Morgan fingerprint density at radius 2 is 1.76 bits per heavy atom. The van der Waals surface area contributed by atoms with Gasteiger partial charge in [-0.05, 0) is 24.3 Å². The number of carbonyl (C=O) groups is 1. The van der Waals surface area contributed by atoms with E-state index < -0.39 is 0 Å². The summed E-state index contributed by atoms with van der Waals surface area (Å²) in [5, 5.41) is 4.42. The van der Waals surface area contributed by atoms with E-state index in [0.717, 1.165) is 0 Å². The standard InChI is InChI=1S/C23H20ClN7O2/c24-21-19(15-27-31(23(21)33)18-4-2-1-3-5-18)28-10-12-29(13-11-28)22(32)17-6-7-20(26-14-17)30-9-8-25-16-30/h1-9,14-16H,10-13H2. The Balaban J connectivity index is 1.27. The summed E-state index contributed by atoms with van der Waals surface area (Å²) in [6, 6.07) is 12.7. The highest BCUT2D eigenvalue weighted by Crippen LogP contribution is 2.23. The summed E-state index contributed by atoms with van der Waals surface area (Å²) in [7, 11) is 0. The van der Waals surface area contributed by atoms with Gasteiger partial charge in [0.05, 0.1) is 23.1 Å². The Hall–Kier alpha value is -3.98. The molecule has 1 amide bonds. The highest BCUT2D eigenvalue weighted by Gasteiger charge is 2.25. The van der Waals surface area contributed by atoms with Gasteiger partial charge in [-0.1, -0.05) is 29.8 Å². The molecule has 0 spiro atoms. The van der Waals surface area contributed by atoms with Gasteiger partial charge in [-0.2, -0.15) is 9.78 Å². The number of anilines is 1. The number of carbonyl (C=O) groups excluding carboxylic acids is 1. The third-order valence-corrected chi connectivity index (χ3v) is 5.93. The van der Waals surface area contributed by atoms with Gasteiger partial charge in [0.2, 0.25) is 0 Å². The summed E-state index contributed by atoms with van der Waals surface area (Å²) < 4.78 is 3.06. The zero-order valence-electron chi connectivity index (χ0n) is 17.6. The largest absolute Gasteiger partial charge is 0.365 e. The van der Waals surface area contributed by atoms with E-state index in [9.17, 15) is 9.59 Å². The van der Waals surface area contributed by atoms with Crippen LogP contribution in [0.25, 0.3) is 11.5 Å². The summed E-state index contributed by atoms with van der Waals surface area (Å²) in [5.41, 5.74) is 1.38. The lowest BCUT2D eigenvalue weighted by molar-refractivity contribution is 0.0746. The van der Waals surface area contributed by atoms with E-state index in [1.54, 1.807) is 64.8 Å². The molecule has 1 saturated heterocycles. The van der Waals surface area contributed by atoms with Crippen LogP contribution in [0.15, 0.2) is 78.4 Å². The Kier molecular flexibility index (Phi) is 5.62. The molecule has 1 aliphatic heterocycles. The van der Waals surface area contributed by atoms with Crippen LogP contribution >= 0.6 is 11.6 Å². The smallest absolute Gasteiger partial charge is 0.292 e. The van der Waals surface area contributed by atoms with Crippen LogP contribution in [0.3, 0.4) is 0 Å². The van der Waals surface area contributed by atoms with Crippen LogP contribution in [0.2, 0.25) is 5.02 Å². The van der Waals surface area contributed by atoms with Gasteiger partial charge in [0.1, 0.15) is 17.2 Å².